The molecule has 0 spiro atoms. The molecule has 7 nitrogen and oxygen atoms in total. The van der Waals surface area contributed by atoms with E-state index in [1.807, 2.05) is 22.9 Å². The molecule has 3 rings (SSSR count). The highest BCUT2D eigenvalue weighted by Crippen LogP contribution is 2.26. The normalized spacial score (nSPS) is 17.1. The number of anilines is 1. The predicted octanol–water partition coefficient (Wildman–Crippen LogP) is 1.06. The summed E-state index contributed by atoms with van der Waals surface area (Å²) in [6.07, 6.45) is 5.49. The lowest BCUT2D eigenvalue weighted by Crippen LogP contribution is -2.34. The van der Waals surface area contributed by atoms with Crippen LogP contribution in [0.2, 0.25) is 0 Å². The summed E-state index contributed by atoms with van der Waals surface area (Å²) in [5.41, 5.74) is 0.787. The average Bonchev–Trinajstić information content (AvgIpc) is 3.24. The maximum atomic E-state index is 12.3. The fraction of sp³-hybridized carbons (Fsp3) is 0.353. The average molecular weight is 328 g/mol. The van der Waals surface area contributed by atoms with Gasteiger partial charge in [0, 0.05) is 44.1 Å². The predicted molar refractivity (Wildman–Crippen MR) is 88.7 cm³/mol. The third-order valence-corrected chi connectivity index (χ3v) is 4.11. The van der Waals surface area contributed by atoms with Crippen LogP contribution in [0.15, 0.2) is 43.0 Å². The summed E-state index contributed by atoms with van der Waals surface area (Å²) in [5, 5.41) is 2.89. The van der Waals surface area contributed by atoms with E-state index in [9.17, 15) is 9.59 Å². The van der Waals surface area contributed by atoms with Gasteiger partial charge in [-0.05, 0) is 24.3 Å². The molecule has 0 bridgehead atoms. The first-order valence-electron chi connectivity index (χ1n) is 7.85. The number of hydrogen-bond acceptors (Lipinski definition) is 4. The molecule has 0 saturated carbocycles. The molecule has 1 aliphatic heterocycles. The summed E-state index contributed by atoms with van der Waals surface area (Å²) in [6.45, 7) is 1.58. The summed E-state index contributed by atoms with van der Waals surface area (Å²) in [4.78, 5) is 30.1. The number of methoxy groups -OCH3 is 1. The van der Waals surface area contributed by atoms with Crippen molar-refractivity contribution in [1.82, 2.24) is 14.9 Å². The third kappa shape index (κ3) is 3.56. The van der Waals surface area contributed by atoms with Crippen molar-refractivity contribution in [3.63, 3.8) is 0 Å². The summed E-state index contributed by atoms with van der Waals surface area (Å²) in [6, 6.07) is 7.27. The minimum Gasteiger partial charge on any atom is -0.497 e. The highest BCUT2D eigenvalue weighted by molar-refractivity contribution is 6.00. The largest absolute Gasteiger partial charge is 0.497 e. The molecule has 2 aromatic rings. The van der Waals surface area contributed by atoms with Crippen LogP contribution in [0.25, 0.3) is 0 Å². The molecule has 24 heavy (non-hydrogen) atoms. The van der Waals surface area contributed by atoms with Gasteiger partial charge in [0.2, 0.25) is 11.8 Å². The van der Waals surface area contributed by atoms with E-state index in [0.29, 0.717) is 19.6 Å². The fourth-order valence-corrected chi connectivity index (χ4v) is 2.77. The topological polar surface area (TPSA) is 76.5 Å². The van der Waals surface area contributed by atoms with Crippen molar-refractivity contribution in [3.05, 3.63) is 43.0 Å². The number of hydrogen-bond donors (Lipinski definition) is 1. The van der Waals surface area contributed by atoms with Crippen LogP contribution in [-0.2, 0) is 16.1 Å². The number of amides is 2. The van der Waals surface area contributed by atoms with Gasteiger partial charge in [-0.25, -0.2) is 4.98 Å². The van der Waals surface area contributed by atoms with E-state index < -0.39 is 0 Å². The van der Waals surface area contributed by atoms with E-state index in [1.54, 1.807) is 36.7 Å². The fourth-order valence-electron chi connectivity index (χ4n) is 2.77. The molecule has 1 fully saturated rings. The Labute approximate surface area is 140 Å². The second-order valence-corrected chi connectivity index (χ2v) is 5.69. The van der Waals surface area contributed by atoms with Gasteiger partial charge >= 0.3 is 0 Å². The zero-order valence-corrected chi connectivity index (χ0v) is 13.5. The van der Waals surface area contributed by atoms with Gasteiger partial charge in [0.15, 0.2) is 0 Å². The van der Waals surface area contributed by atoms with E-state index in [-0.39, 0.29) is 24.2 Å². The quantitative estimate of drug-likeness (QED) is 0.860. The van der Waals surface area contributed by atoms with Crippen LogP contribution in [0.3, 0.4) is 0 Å². The van der Waals surface area contributed by atoms with Gasteiger partial charge in [0.05, 0.1) is 19.4 Å². The van der Waals surface area contributed by atoms with Crippen LogP contribution in [0.4, 0.5) is 5.69 Å². The molecule has 1 N–H and O–H groups in total. The minimum absolute atomic E-state index is 0.0325. The first-order valence-corrected chi connectivity index (χ1v) is 7.85. The number of aromatic nitrogens is 2. The van der Waals surface area contributed by atoms with Gasteiger partial charge in [-0.15, -0.1) is 0 Å². The van der Waals surface area contributed by atoms with Crippen LogP contribution in [0.5, 0.6) is 5.75 Å². The van der Waals surface area contributed by atoms with Gasteiger partial charge in [-0.3, -0.25) is 9.59 Å². The monoisotopic (exact) mass is 328 g/mol. The minimum atomic E-state index is -0.317. The number of ether oxygens (including phenoxy) is 1. The Bertz CT molecular complexity index is 697. The Morgan fingerprint density at radius 1 is 1.38 bits per heavy atom. The van der Waals surface area contributed by atoms with Crippen molar-refractivity contribution in [2.75, 3.05) is 25.1 Å². The van der Waals surface area contributed by atoms with Gasteiger partial charge in [-0.1, -0.05) is 0 Å². The van der Waals surface area contributed by atoms with Crippen molar-refractivity contribution in [1.29, 1.82) is 0 Å². The number of nitrogens with zero attached hydrogens (tertiary/aromatic N) is 3. The molecule has 7 heteroatoms. The molecule has 126 valence electrons. The van der Waals surface area contributed by atoms with E-state index in [4.69, 9.17) is 4.74 Å². The zero-order chi connectivity index (χ0) is 16.9. The Kier molecular flexibility index (Phi) is 4.79. The van der Waals surface area contributed by atoms with Crippen LogP contribution in [0, 0.1) is 5.92 Å². The highest BCUT2D eigenvalue weighted by atomic mass is 16.5. The van der Waals surface area contributed by atoms with E-state index in [0.717, 1.165) is 11.4 Å². The summed E-state index contributed by atoms with van der Waals surface area (Å²) >= 11 is 0. The molecule has 2 heterocycles. The highest BCUT2D eigenvalue weighted by Gasteiger charge is 2.34. The Morgan fingerprint density at radius 3 is 2.83 bits per heavy atom. The molecule has 1 unspecified atom stereocenters. The van der Waals surface area contributed by atoms with Crippen LogP contribution >= 0.6 is 0 Å². The second-order valence-electron chi connectivity index (χ2n) is 5.69. The van der Waals surface area contributed by atoms with Gasteiger partial charge in [-0.2, -0.15) is 0 Å². The maximum absolute atomic E-state index is 12.3. The van der Waals surface area contributed by atoms with Crippen molar-refractivity contribution in [2.45, 2.75) is 13.0 Å². The number of carbonyl (C=O) groups is 2. The molecule has 1 aromatic heterocycles. The molecular formula is C17H20N4O3. The van der Waals surface area contributed by atoms with Gasteiger partial charge in [0.1, 0.15) is 5.75 Å². The zero-order valence-electron chi connectivity index (χ0n) is 13.5. The number of benzene rings is 1. The van der Waals surface area contributed by atoms with Gasteiger partial charge in [0.25, 0.3) is 0 Å². The number of carbonyl (C=O) groups excluding carboxylic acids is 2. The van der Waals surface area contributed by atoms with Crippen LogP contribution in [-0.4, -0.2) is 41.6 Å². The van der Waals surface area contributed by atoms with Crippen LogP contribution < -0.4 is 15.0 Å². The number of imidazole rings is 1. The molecular weight excluding hydrogens is 308 g/mol. The lowest BCUT2D eigenvalue weighted by molar-refractivity contribution is -0.126. The molecule has 1 aromatic carbocycles. The molecule has 1 atom stereocenters. The summed E-state index contributed by atoms with van der Waals surface area (Å²) in [7, 11) is 1.60. The lowest BCUT2D eigenvalue weighted by Gasteiger charge is -2.17. The SMILES string of the molecule is COc1ccc(N2CC(C(=O)NCCn3ccnc3)CC2=O)cc1. The lowest BCUT2D eigenvalue weighted by atomic mass is 10.1. The first kappa shape index (κ1) is 16.0. The van der Waals surface area contributed by atoms with Crippen molar-refractivity contribution < 1.29 is 14.3 Å². The molecule has 0 radical (unpaired) electrons. The summed E-state index contributed by atoms with van der Waals surface area (Å²) < 4.78 is 7.01. The smallest absolute Gasteiger partial charge is 0.227 e. The maximum Gasteiger partial charge on any atom is 0.227 e. The van der Waals surface area contributed by atoms with Crippen LogP contribution in [0.1, 0.15) is 6.42 Å². The van der Waals surface area contributed by atoms with E-state index in [2.05, 4.69) is 10.3 Å². The second kappa shape index (κ2) is 7.16. The Morgan fingerprint density at radius 2 is 2.17 bits per heavy atom. The molecule has 2 amide bonds. The third-order valence-electron chi connectivity index (χ3n) is 4.11. The van der Waals surface area contributed by atoms with Crippen molar-refractivity contribution >= 4 is 17.5 Å². The molecule has 1 saturated heterocycles. The van der Waals surface area contributed by atoms with Crippen molar-refractivity contribution in [3.8, 4) is 5.75 Å². The van der Waals surface area contributed by atoms with Gasteiger partial charge < -0.3 is 19.5 Å². The van der Waals surface area contributed by atoms with E-state index in [1.165, 1.54) is 0 Å². The standard InChI is InChI=1S/C17H20N4O3/c1-24-15-4-2-14(3-5-15)21-11-13(10-16(21)22)17(23)19-7-9-20-8-6-18-12-20/h2-6,8,12-13H,7,9-11H2,1H3,(H,19,23). The van der Waals surface area contributed by atoms with Crippen molar-refractivity contribution in [2.24, 2.45) is 5.92 Å². The molecule has 1 aliphatic rings. The Balaban J connectivity index is 1.54. The first-order chi connectivity index (χ1) is 11.7. The molecule has 0 aliphatic carbocycles. The van der Waals surface area contributed by atoms with E-state index >= 15 is 0 Å². The summed E-state index contributed by atoms with van der Waals surface area (Å²) in [5.74, 6) is 0.302. The Hall–Kier alpha value is -2.83. The number of nitrogens with one attached hydrogen (secondary N) is 1. The number of rotatable bonds is 6.